The molecule has 6 nitrogen and oxygen atoms in total. The minimum absolute atomic E-state index is 0.145. The summed E-state index contributed by atoms with van der Waals surface area (Å²) < 4.78 is 6.32. The number of nitrogen functional groups attached to an aromatic ring is 1. The summed E-state index contributed by atoms with van der Waals surface area (Å²) in [5, 5.41) is 2.59. The van der Waals surface area contributed by atoms with Gasteiger partial charge >= 0.3 is 0 Å². The number of rotatable bonds is 4. The van der Waals surface area contributed by atoms with Gasteiger partial charge in [0.15, 0.2) is 12.4 Å². The molecule has 0 aliphatic rings. The van der Waals surface area contributed by atoms with E-state index in [0.717, 1.165) is 0 Å². The molecule has 2 rings (SSSR count). The van der Waals surface area contributed by atoms with Gasteiger partial charge in [-0.1, -0.05) is 6.07 Å². The highest BCUT2D eigenvalue weighted by Gasteiger charge is 2.09. The molecule has 3 N–H and O–H groups in total. The Hall–Kier alpha value is -1.67. The molecule has 0 spiro atoms. The van der Waals surface area contributed by atoms with Crippen molar-refractivity contribution in [1.82, 2.24) is 9.97 Å². The van der Waals surface area contributed by atoms with Gasteiger partial charge in [0, 0.05) is 11.8 Å². The molecular weight excluding hydrogens is 392 g/mol. The van der Waals surface area contributed by atoms with Gasteiger partial charge in [0.05, 0.1) is 6.20 Å². The molecule has 0 saturated heterocycles. The minimum Gasteiger partial charge on any atom is -0.484 e. The SMILES string of the molecule is Nc1cccc(OCC(=O)Nc2ncc(Br)nc2Br)c1. The van der Waals surface area contributed by atoms with Crippen molar-refractivity contribution in [3.05, 3.63) is 39.7 Å². The summed E-state index contributed by atoms with van der Waals surface area (Å²) >= 11 is 6.38. The molecule has 0 atom stereocenters. The smallest absolute Gasteiger partial charge is 0.263 e. The zero-order valence-corrected chi connectivity index (χ0v) is 13.3. The second kappa shape index (κ2) is 6.67. The third kappa shape index (κ3) is 4.17. The van der Waals surface area contributed by atoms with Crippen molar-refractivity contribution >= 4 is 49.3 Å². The van der Waals surface area contributed by atoms with Gasteiger partial charge in [0.25, 0.3) is 5.91 Å². The van der Waals surface area contributed by atoms with Crippen molar-refractivity contribution in [1.29, 1.82) is 0 Å². The number of benzene rings is 1. The third-order valence-corrected chi connectivity index (χ3v) is 3.12. The summed E-state index contributed by atoms with van der Waals surface area (Å²) in [5.41, 5.74) is 6.19. The first-order chi connectivity index (χ1) is 9.54. The molecular formula is C12H10Br2N4O2. The second-order valence-corrected chi connectivity index (χ2v) is 5.31. The van der Waals surface area contributed by atoms with Gasteiger partial charge < -0.3 is 15.8 Å². The van der Waals surface area contributed by atoms with Gasteiger partial charge in [-0.2, -0.15) is 0 Å². The Bertz CT molecular complexity index is 637. The summed E-state index contributed by atoms with van der Waals surface area (Å²) in [6, 6.07) is 6.85. The van der Waals surface area contributed by atoms with Crippen LogP contribution in [0, 0.1) is 0 Å². The molecule has 0 unspecified atom stereocenters. The third-order valence-electron chi connectivity index (χ3n) is 2.19. The normalized spacial score (nSPS) is 10.1. The molecule has 8 heteroatoms. The van der Waals surface area contributed by atoms with Crippen LogP contribution in [0.5, 0.6) is 5.75 Å². The molecule has 0 aliphatic heterocycles. The Kier molecular flexibility index (Phi) is 4.91. The highest BCUT2D eigenvalue weighted by atomic mass is 79.9. The van der Waals surface area contributed by atoms with Gasteiger partial charge in [-0.3, -0.25) is 4.79 Å². The largest absolute Gasteiger partial charge is 0.484 e. The first-order valence-corrected chi connectivity index (χ1v) is 7.09. The number of nitrogens with two attached hydrogens (primary N) is 1. The standard InChI is InChI=1S/C12H10Br2N4O2/c13-9-5-16-12(11(14)17-9)18-10(19)6-20-8-3-1-2-7(15)4-8/h1-5H,6,15H2,(H,16,18,19). The summed E-state index contributed by atoms with van der Waals surface area (Å²) in [5.74, 6) is 0.514. The van der Waals surface area contributed by atoms with Crippen molar-refractivity contribution in [2.75, 3.05) is 17.7 Å². The first kappa shape index (κ1) is 14.7. The van der Waals surface area contributed by atoms with Crippen LogP contribution in [0.15, 0.2) is 39.7 Å². The number of hydrogen-bond acceptors (Lipinski definition) is 5. The second-order valence-electron chi connectivity index (χ2n) is 3.74. The number of anilines is 2. The van der Waals surface area contributed by atoms with Crippen LogP contribution in [0.1, 0.15) is 0 Å². The van der Waals surface area contributed by atoms with Gasteiger partial charge in [-0.15, -0.1) is 0 Å². The van der Waals surface area contributed by atoms with Gasteiger partial charge in [0.1, 0.15) is 15.0 Å². The Balaban J connectivity index is 1.92. The van der Waals surface area contributed by atoms with E-state index in [1.807, 2.05) is 0 Å². The molecule has 1 aromatic carbocycles. The number of carbonyl (C=O) groups excluding carboxylic acids is 1. The highest BCUT2D eigenvalue weighted by Crippen LogP contribution is 2.19. The fourth-order valence-electron chi connectivity index (χ4n) is 1.35. The van der Waals surface area contributed by atoms with E-state index in [4.69, 9.17) is 10.5 Å². The van der Waals surface area contributed by atoms with Crippen LogP contribution >= 0.6 is 31.9 Å². The highest BCUT2D eigenvalue weighted by molar-refractivity contribution is 9.11. The molecule has 1 aromatic heterocycles. The van der Waals surface area contributed by atoms with Gasteiger partial charge in [-0.25, -0.2) is 9.97 Å². The number of nitrogens with one attached hydrogen (secondary N) is 1. The predicted octanol–water partition coefficient (Wildman–Crippen LogP) is 2.60. The lowest BCUT2D eigenvalue weighted by Gasteiger charge is -2.08. The van der Waals surface area contributed by atoms with E-state index in [2.05, 4.69) is 47.1 Å². The molecule has 0 bridgehead atoms. The van der Waals surface area contributed by atoms with Crippen molar-refractivity contribution in [3.8, 4) is 5.75 Å². The Morgan fingerprint density at radius 2 is 2.20 bits per heavy atom. The number of hydrogen-bond donors (Lipinski definition) is 2. The van der Waals surface area contributed by atoms with E-state index in [1.165, 1.54) is 6.20 Å². The fourth-order valence-corrected chi connectivity index (χ4v) is 2.26. The molecule has 1 amide bonds. The molecule has 1 heterocycles. The zero-order valence-electron chi connectivity index (χ0n) is 10.1. The van der Waals surface area contributed by atoms with E-state index < -0.39 is 0 Å². The van der Waals surface area contributed by atoms with E-state index in [9.17, 15) is 4.79 Å². The van der Waals surface area contributed by atoms with Crippen LogP contribution in [-0.2, 0) is 4.79 Å². The molecule has 0 fully saturated rings. The van der Waals surface area contributed by atoms with Crippen molar-refractivity contribution in [3.63, 3.8) is 0 Å². The molecule has 0 radical (unpaired) electrons. The Labute approximate surface area is 132 Å². The van der Waals surface area contributed by atoms with Crippen LogP contribution in [0.25, 0.3) is 0 Å². The van der Waals surface area contributed by atoms with E-state index in [-0.39, 0.29) is 12.5 Å². The van der Waals surface area contributed by atoms with Crippen LogP contribution in [0.4, 0.5) is 11.5 Å². The van der Waals surface area contributed by atoms with E-state index >= 15 is 0 Å². The summed E-state index contributed by atoms with van der Waals surface area (Å²) in [6.07, 6.45) is 1.49. The topological polar surface area (TPSA) is 90.1 Å². The monoisotopic (exact) mass is 400 g/mol. The number of amides is 1. The minimum atomic E-state index is -0.343. The van der Waals surface area contributed by atoms with Gasteiger partial charge in [-0.05, 0) is 44.0 Å². The Morgan fingerprint density at radius 3 is 2.90 bits per heavy atom. The van der Waals surface area contributed by atoms with E-state index in [1.54, 1.807) is 24.3 Å². The number of aromatic nitrogens is 2. The van der Waals surface area contributed by atoms with Gasteiger partial charge in [0.2, 0.25) is 0 Å². The van der Waals surface area contributed by atoms with Crippen LogP contribution < -0.4 is 15.8 Å². The lowest BCUT2D eigenvalue weighted by Crippen LogP contribution is -2.21. The average molecular weight is 402 g/mol. The maximum absolute atomic E-state index is 11.7. The quantitative estimate of drug-likeness (QED) is 0.768. The predicted molar refractivity (Wildman–Crippen MR) is 82.4 cm³/mol. The number of ether oxygens (including phenoxy) is 1. The van der Waals surface area contributed by atoms with Crippen molar-refractivity contribution < 1.29 is 9.53 Å². The summed E-state index contributed by atoms with van der Waals surface area (Å²) in [4.78, 5) is 19.8. The summed E-state index contributed by atoms with van der Waals surface area (Å²) in [7, 11) is 0. The fraction of sp³-hybridized carbons (Fsp3) is 0.0833. The van der Waals surface area contributed by atoms with Crippen molar-refractivity contribution in [2.24, 2.45) is 0 Å². The van der Waals surface area contributed by atoms with Crippen molar-refractivity contribution in [2.45, 2.75) is 0 Å². The average Bonchev–Trinajstić information content (AvgIpc) is 2.40. The number of halogens is 2. The number of nitrogens with zero attached hydrogens (tertiary/aromatic N) is 2. The van der Waals surface area contributed by atoms with Crippen LogP contribution in [-0.4, -0.2) is 22.5 Å². The maximum Gasteiger partial charge on any atom is 0.263 e. The zero-order chi connectivity index (χ0) is 14.5. The van der Waals surface area contributed by atoms with Crippen LogP contribution in [0.3, 0.4) is 0 Å². The van der Waals surface area contributed by atoms with E-state index in [0.29, 0.717) is 26.5 Å². The Morgan fingerprint density at radius 1 is 1.40 bits per heavy atom. The first-order valence-electron chi connectivity index (χ1n) is 5.51. The molecule has 0 saturated carbocycles. The lowest BCUT2D eigenvalue weighted by atomic mass is 10.3. The molecule has 0 aliphatic carbocycles. The lowest BCUT2D eigenvalue weighted by molar-refractivity contribution is -0.118. The maximum atomic E-state index is 11.7. The molecule has 20 heavy (non-hydrogen) atoms. The molecule has 2 aromatic rings. The molecule has 104 valence electrons. The number of carbonyl (C=O) groups is 1. The summed E-state index contributed by atoms with van der Waals surface area (Å²) in [6.45, 7) is -0.145. The van der Waals surface area contributed by atoms with Crippen LogP contribution in [0.2, 0.25) is 0 Å².